The van der Waals surface area contributed by atoms with E-state index in [0.717, 1.165) is 11.6 Å². The summed E-state index contributed by atoms with van der Waals surface area (Å²) in [6.45, 7) is 6.24. The molecule has 1 heterocycles. The average molecular weight is 140 g/mol. The Hall–Kier alpha value is -0.860. The molecule has 0 spiro atoms. The lowest BCUT2D eigenvalue weighted by atomic mass is 10.2. The van der Waals surface area contributed by atoms with Crippen molar-refractivity contribution in [2.75, 3.05) is 0 Å². The molecule has 0 saturated heterocycles. The highest BCUT2D eigenvalue weighted by molar-refractivity contribution is 4.88. The first-order chi connectivity index (χ1) is 4.61. The van der Waals surface area contributed by atoms with Crippen LogP contribution in [0.3, 0.4) is 0 Å². The quantitative estimate of drug-likeness (QED) is 0.571. The number of aryl methyl sites for hydroxylation is 2. The summed E-state index contributed by atoms with van der Waals surface area (Å²) in [4.78, 5) is 4.32. The van der Waals surface area contributed by atoms with Gasteiger partial charge in [-0.2, -0.15) is 9.78 Å². The molecule has 56 valence electrons. The Kier molecular flexibility index (Phi) is 1.74. The Morgan fingerprint density at radius 1 is 1.50 bits per heavy atom. The number of H-pyrrole nitrogens is 1. The Morgan fingerprint density at radius 2 is 2.10 bits per heavy atom. The number of nitrogens with one attached hydrogen (secondary N) is 1. The summed E-state index contributed by atoms with van der Waals surface area (Å²) in [5, 5.41) is 3.15. The molecule has 10 heavy (non-hydrogen) atoms. The van der Waals surface area contributed by atoms with Crippen LogP contribution in [-0.4, -0.2) is 10.1 Å². The third-order valence-electron chi connectivity index (χ3n) is 1.60. The molecule has 1 rings (SSSR count). The number of aromatic amines is 1. The van der Waals surface area contributed by atoms with Gasteiger partial charge in [-0.05, 0) is 4.98 Å². The van der Waals surface area contributed by atoms with Crippen LogP contribution in [0.2, 0.25) is 0 Å². The van der Waals surface area contributed by atoms with Gasteiger partial charge in [-0.1, -0.05) is 13.8 Å². The Bertz CT molecular complexity index is 205. The maximum absolute atomic E-state index is 4.32. The smallest absolute Gasteiger partial charge is 0.191 e. The third kappa shape index (κ3) is 1.17. The molecule has 0 aromatic carbocycles. The second-order valence-corrected chi connectivity index (χ2v) is 2.87. The van der Waals surface area contributed by atoms with Gasteiger partial charge in [0.1, 0.15) is 7.05 Å². The van der Waals surface area contributed by atoms with Crippen molar-refractivity contribution in [2.24, 2.45) is 7.05 Å². The second kappa shape index (κ2) is 2.40. The zero-order valence-corrected chi connectivity index (χ0v) is 6.97. The molecule has 0 saturated carbocycles. The molecule has 1 aromatic heterocycles. The van der Waals surface area contributed by atoms with Crippen molar-refractivity contribution in [1.82, 2.24) is 10.1 Å². The number of nitrogens with zero attached hydrogens (tertiary/aromatic N) is 2. The molecule has 0 bridgehead atoms. The molecule has 0 aliphatic rings. The minimum absolute atomic E-state index is 0.486. The van der Waals surface area contributed by atoms with Gasteiger partial charge in [-0.3, -0.25) is 0 Å². The van der Waals surface area contributed by atoms with E-state index in [9.17, 15) is 0 Å². The zero-order chi connectivity index (χ0) is 7.72. The van der Waals surface area contributed by atoms with Crippen LogP contribution in [0.1, 0.15) is 31.4 Å². The van der Waals surface area contributed by atoms with E-state index in [1.165, 1.54) is 0 Å². The number of hydrogen-bond acceptors (Lipinski definition) is 1. The van der Waals surface area contributed by atoms with Crippen LogP contribution in [0, 0.1) is 6.92 Å². The molecule has 1 N–H and O–H groups in total. The molecule has 3 heteroatoms. The van der Waals surface area contributed by atoms with Gasteiger partial charge >= 0.3 is 5.82 Å². The first-order valence-corrected chi connectivity index (χ1v) is 3.54. The van der Waals surface area contributed by atoms with Gasteiger partial charge in [0.2, 0.25) is 0 Å². The molecular formula is C7H14N3+. The predicted molar refractivity (Wildman–Crippen MR) is 38.6 cm³/mol. The predicted octanol–water partition coefficient (Wildman–Crippen LogP) is 0.666. The lowest BCUT2D eigenvalue weighted by Crippen LogP contribution is -2.33. The van der Waals surface area contributed by atoms with Crippen molar-refractivity contribution < 1.29 is 4.68 Å². The highest BCUT2D eigenvalue weighted by Crippen LogP contribution is 2.05. The zero-order valence-electron chi connectivity index (χ0n) is 6.97. The maximum atomic E-state index is 4.32. The van der Waals surface area contributed by atoms with E-state index in [1.54, 1.807) is 0 Å². The first kappa shape index (κ1) is 7.25. The monoisotopic (exact) mass is 140 g/mol. The van der Waals surface area contributed by atoms with Gasteiger partial charge in [0.25, 0.3) is 5.82 Å². The number of rotatable bonds is 1. The highest BCUT2D eigenvalue weighted by Gasteiger charge is 2.13. The van der Waals surface area contributed by atoms with Gasteiger partial charge < -0.3 is 0 Å². The summed E-state index contributed by atoms with van der Waals surface area (Å²) in [5.41, 5.74) is 0. The van der Waals surface area contributed by atoms with E-state index in [4.69, 9.17) is 0 Å². The van der Waals surface area contributed by atoms with Crippen molar-refractivity contribution in [1.29, 1.82) is 0 Å². The largest absolute Gasteiger partial charge is 0.315 e. The summed E-state index contributed by atoms with van der Waals surface area (Å²) in [5.74, 6) is 2.57. The van der Waals surface area contributed by atoms with E-state index in [-0.39, 0.29) is 0 Å². The fraction of sp³-hybridized carbons (Fsp3) is 0.714. The summed E-state index contributed by atoms with van der Waals surface area (Å²) in [6, 6.07) is 0. The van der Waals surface area contributed by atoms with Gasteiger partial charge in [0.05, 0.1) is 0 Å². The van der Waals surface area contributed by atoms with Crippen LogP contribution >= 0.6 is 0 Å². The van der Waals surface area contributed by atoms with Crippen LogP contribution < -0.4 is 4.68 Å². The second-order valence-electron chi connectivity index (χ2n) is 2.87. The topological polar surface area (TPSA) is 32.6 Å². The maximum Gasteiger partial charge on any atom is 0.315 e. The average Bonchev–Trinajstić information content (AvgIpc) is 2.13. The van der Waals surface area contributed by atoms with Crippen LogP contribution in [0.25, 0.3) is 0 Å². The Labute approximate surface area is 61.1 Å². The molecule has 0 fully saturated rings. The van der Waals surface area contributed by atoms with Crippen LogP contribution in [-0.2, 0) is 7.05 Å². The van der Waals surface area contributed by atoms with E-state index in [1.807, 2.05) is 18.7 Å². The van der Waals surface area contributed by atoms with Gasteiger partial charge in [0.15, 0.2) is 0 Å². The SMILES string of the molecule is Cc1nc(C(C)C)[nH][n+]1C. The number of aromatic nitrogens is 3. The van der Waals surface area contributed by atoms with E-state index < -0.39 is 0 Å². The van der Waals surface area contributed by atoms with Crippen LogP contribution in [0.15, 0.2) is 0 Å². The lowest BCUT2D eigenvalue weighted by molar-refractivity contribution is -0.734. The van der Waals surface area contributed by atoms with Gasteiger partial charge in [-0.25, -0.2) is 0 Å². The van der Waals surface area contributed by atoms with E-state index in [2.05, 4.69) is 23.9 Å². The van der Waals surface area contributed by atoms with Crippen molar-refractivity contribution in [3.05, 3.63) is 11.6 Å². The summed E-state index contributed by atoms with van der Waals surface area (Å²) >= 11 is 0. The summed E-state index contributed by atoms with van der Waals surface area (Å²) < 4.78 is 1.93. The lowest BCUT2D eigenvalue weighted by Gasteiger charge is -1.88. The van der Waals surface area contributed by atoms with Gasteiger partial charge in [-0.15, -0.1) is 0 Å². The van der Waals surface area contributed by atoms with E-state index >= 15 is 0 Å². The van der Waals surface area contributed by atoms with Crippen LogP contribution in [0.5, 0.6) is 0 Å². The molecule has 0 radical (unpaired) electrons. The fourth-order valence-electron chi connectivity index (χ4n) is 0.785. The normalized spacial score (nSPS) is 10.9. The fourth-order valence-corrected chi connectivity index (χ4v) is 0.785. The molecule has 0 atom stereocenters. The molecule has 0 aliphatic heterocycles. The van der Waals surface area contributed by atoms with Crippen molar-refractivity contribution >= 4 is 0 Å². The van der Waals surface area contributed by atoms with Gasteiger partial charge in [0, 0.05) is 12.8 Å². The molecule has 0 aliphatic carbocycles. The highest BCUT2D eigenvalue weighted by atomic mass is 15.3. The standard InChI is InChI=1S/C7H13N3/c1-5(2)7-8-6(3)10(4)9-7/h5H,1-4H3/p+1. The summed E-state index contributed by atoms with van der Waals surface area (Å²) in [6.07, 6.45) is 0. The Balaban J connectivity index is 2.98. The molecule has 0 unspecified atom stereocenters. The summed E-state index contributed by atoms with van der Waals surface area (Å²) in [7, 11) is 1.97. The molecule has 3 nitrogen and oxygen atoms in total. The van der Waals surface area contributed by atoms with Crippen LogP contribution in [0.4, 0.5) is 0 Å². The van der Waals surface area contributed by atoms with Crippen molar-refractivity contribution in [3.63, 3.8) is 0 Å². The molecule has 0 amide bonds. The number of hydrogen-bond donors (Lipinski definition) is 1. The minimum Gasteiger partial charge on any atom is -0.191 e. The molecule has 1 aromatic rings. The third-order valence-corrected chi connectivity index (χ3v) is 1.60. The Morgan fingerprint density at radius 3 is 2.30 bits per heavy atom. The van der Waals surface area contributed by atoms with Crippen molar-refractivity contribution in [3.8, 4) is 0 Å². The minimum atomic E-state index is 0.486. The molecular weight excluding hydrogens is 126 g/mol. The van der Waals surface area contributed by atoms with Crippen molar-refractivity contribution in [2.45, 2.75) is 26.7 Å². The van der Waals surface area contributed by atoms with E-state index in [0.29, 0.717) is 5.92 Å². The first-order valence-electron chi connectivity index (χ1n) is 3.54.